The molecule has 0 saturated carbocycles. The molecule has 3 aromatic carbocycles. The van der Waals surface area contributed by atoms with Crippen LogP contribution in [0.25, 0.3) is 0 Å². The van der Waals surface area contributed by atoms with Crippen molar-refractivity contribution in [1.82, 2.24) is 0 Å². The van der Waals surface area contributed by atoms with Crippen molar-refractivity contribution in [3.63, 3.8) is 0 Å². The van der Waals surface area contributed by atoms with Crippen LogP contribution in [-0.4, -0.2) is 19.0 Å². The quantitative estimate of drug-likeness (QED) is 0.598. The van der Waals surface area contributed by atoms with E-state index in [0.717, 1.165) is 59.9 Å². The summed E-state index contributed by atoms with van der Waals surface area (Å²) in [6, 6.07) is 21.1. The number of hydrogen-bond donors (Lipinski definition) is 1. The zero-order chi connectivity index (χ0) is 19.8. The Hall–Kier alpha value is -2.98. The van der Waals surface area contributed by atoms with Gasteiger partial charge in [-0.15, -0.1) is 0 Å². The van der Waals surface area contributed by atoms with Crippen molar-refractivity contribution in [2.75, 3.05) is 23.3 Å². The molecule has 0 bridgehead atoms. The second-order valence-electron chi connectivity index (χ2n) is 7.46. The minimum Gasteiger partial charge on any atom is -0.457 e. The molecule has 3 aromatic rings. The number of nitrogens with one attached hydrogen (secondary N) is 1. The molecule has 146 valence electrons. The van der Waals surface area contributed by atoms with E-state index in [4.69, 9.17) is 16.3 Å². The maximum atomic E-state index is 13.5. The number of halogens is 1. The van der Waals surface area contributed by atoms with Crippen LogP contribution in [-0.2, 0) is 4.79 Å². The van der Waals surface area contributed by atoms with Crippen molar-refractivity contribution in [2.24, 2.45) is 0 Å². The summed E-state index contributed by atoms with van der Waals surface area (Å²) in [7, 11) is 0. The molecule has 0 aromatic heterocycles. The third-order valence-electron chi connectivity index (χ3n) is 5.61. The van der Waals surface area contributed by atoms with Gasteiger partial charge in [-0.3, -0.25) is 4.79 Å². The van der Waals surface area contributed by atoms with Crippen LogP contribution >= 0.6 is 11.6 Å². The van der Waals surface area contributed by atoms with Gasteiger partial charge in [0, 0.05) is 29.2 Å². The summed E-state index contributed by atoms with van der Waals surface area (Å²) in [4.78, 5) is 15.8. The molecule has 5 heteroatoms. The first-order valence-corrected chi connectivity index (χ1v) is 10.3. The monoisotopic (exact) mass is 404 g/mol. The summed E-state index contributed by atoms with van der Waals surface area (Å²) in [5.74, 6) is 0.909. The Morgan fingerprint density at radius 3 is 2.21 bits per heavy atom. The van der Waals surface area contributed by atoms with Gasteiger partial charge in [-0.1, -0.05) is 48.0 Å². The summed E-state index contributed by atoms with van der Waals surface area (Å²) in [6.07, 6.45) is 2.33. The Morgan fingerprint density at radius 2 is 1.55 bits per heavy atom. The average molecular weight is 405 g/mol. The predicted molar refractivity (Wildman–Crippen MR) is 116 cm³/mol. The van der Waals surface area contributed by atoms with E-state index in [1.54, 1.807) is 0 Å². The first-order chi connectivity index (χ1) is 14.2. The molecule has 2 aliphatic rings. The van der Waals surface area contributed by atoms with Crippen molar-refractivity contribution in [1.29, 1.82) is 0 Å². The lowest BCUT2D eigenvalue weighted by atomic mass is 9.87. The fourth-order valence-corrected chi connectivity index (χ4v) is 4.41. The Labute approximate surface area is 175 Å². The molecule has 0 spiro atoms. The largest absolute Gasteiger partial charge is 0.457 e. The van der Waals surface area contributed by atoms with Gasteiger partial charge in [-0.2, -0.15) is 0 Å². The average Bonchev–Trinajstić information content (AvgIpc) is 3.26. The van der Waals surface area contributed by atoms with Gasteiger partial charge in [-0.25, -0.2) is 0 Å². The SMILES string of the molecule is O=C(Nc1cc(Cl)ccc1N1CCCC1)C1c2ccccc2Oc2ccccc21. The molecule has 0 atom stereocenters. The van der Waals surface area contributed by atoms with Crippen LogP contribution in [0, 0.1) is 0 Å². The van der Waals surface area contributed by atoms with E-state index in [-0.39, 0.29) is 5.91 Å². The highest BCUT2D eigenvalue weighted by Crippen LogP contribution is 2.44. The fourth-order valence-electron chi connectivity index (χ4n) is 4.24. The van der Waals surface area contributed by atoms with Gasteiger partial charge in [0.15, 0.2) is 0 Å². The zero-order valence-corrected chi connectivity index (χ0v) is 16.7. The highest BCUT2D eigenvalue weighted by atomic mass is 35.5. The van der Waals surface area contributed by atoms with E-state index >= 15 is 0 Å². The standard InChI is InChI=1S/C24H21ClN2O2/c25-16-11-12-20(27-13-5-6-14-27)19(15-16)26-24(28)23-17-7-1-3-9-21(17)29-22-10-4-2-8-18(22)23/h1-4,7-12,15,23H,5-6,13-14H2,(H,26,28). The van der Waals surface area contributed by atoms with Gasteiger partial charge >= 0.3 is 0 Å². The highest BCUT2D eigenvalue weighted by molar-refractivity contribution is 6.31. The Balaban J connectivity index is 1.53. The summed E-state index contributed by atoms with van der Waals surface area (Å²) in [6.45, 7) is 1.99. The maximum absolute atomic E-state index is 13.5. The third kappa shape index (κ3) is 3.34. The number of rotatable bonds is 3. The molecular formula is C24H21ClN2O2. The van der Waals surface area contributed by atoms with E-state index in [1.807, 2.05) is 66.7 Å². The number of para-hydroxylation sites is 2. The molecule has 1 saturated heterocycles. The normalized spacial score (nSPS) is 15.4. The van der Waals surface area contributed by atoms with Crippen LogP contribution in [0.15, 0.2) is 66.7 Å². The Bertz CT molecular complexity index is 1030. The van der Waals surface area contributed by atoms with Gasteiger partial charge < -0.3 is 15.0 Å². The summed E-state index contributed by atoms with van der Waals surface area (Å²) in [5.41, 5.74) is 3.52. The number of hydrogen-bond acceptors (Lipinski definition) is 3. The van der Waals surface area contributed by atoms with Crippen LogP contribution in [0.5, 0.6) is 11.5 Å². The number of benzene rings is 3. The summed E-state index contributed by atoms with van der Waals surface area (Å²) >= 11 is 6.27. The second-order valence-corrected chi connectivity index (χ2v) is 7.89. The van der Waals surface area contributed by atoms with Gasteiger partial charge in [0.1, 0.15) is 11.5 Å². The van der Waals surface area contributed by atoms with Crippen LogP contribution in [0.4, 0.5) is 11.4 Å². The molecule has 0 aliphatic carbocycles. The van der Waals surface area contributed by atoms with Gasteiger partial charge in [0.2, 0.25) is 5.91 Å². The van der Waals surface area contributed by atoms with Crippen LogP contribution in [0.1, 0.15) is 29.9 Å². The minimum absolute atomic E-state index is 0.0871. The number of ether oxygens (including phenoxy) is 1. The Morgan fingerprint density at radius 1 is 0.931 bits per heavy atom. The number of nitrogens with zero attached hydrogens (tertiary/aromatic N) is 1. The highest BCUT2D eigenvalue weighted by Gasteiger charge is 2.33. The second kappa shape index (κ2) is 7.45. The summed E-state index contributed by atoms with van der Waals surface area (Å²) in [5, 5.41) is 3.77. The fraction of sp³-hybridized carbons (Fsp3) is 0.208. The lowest BCUT2D eigenvalue weighted by Gasteiger charge is -2.28. The van der Waals surface area contributed by atoms with E-state index in [9.17, 15) is 4.79 Å². The number of anilines is 2. The third-order valence-corrected chi connectivity index (χ3v) is 5.84. The topological polar surface area (TPSA) is 41.6 Å². The molecule has 1 N–H and O–H groups in total. The Kier molecular flexibility index (Phi) is 4.64. The number of carbonyl (C=O) groups is 1. The van der Waals surface area contributed by atoms with E-state index in [1.165, 1.54) is 0 Å². The lowest BCUT2D eigenvalue weighted by molar-refractivity contribution is -0.116. The van der Waals surface area contributed by atoms with Gasteiger partial charge in [0.05, 0.1) is 17.3 Å². The van der Waals surface area contributed by atoms with Crippen molar-refractivity contribution in [2.45, 2.75) is 18.8 Å². The van der Waals surface area contributed by atoms with Gasteiger partial charge in [0.25, 0.3) is 0 Å². The molecule has 0 unspecified atom stereocenters. The maximum Gasteiger partial charge on any atom is 0.236 e. The number of fused-ring (bicyclic) bond motifs is 2. The molecule has 5 rings (SSSR count). The molecule has 1 fully saturated rings. The van der Waals surface area contributed by atoms with Crippen molar-refractivity contribution in [3.05, 3.63) is 82.9 Å². The van der Waals surface area contributed by atoms with E-state index < -0.39 is 5.92 Å². The van der Waals surface area contributed by atoms with E-state index in [0.29, 0.717) is 5.02 Å². The molecule has 2 heterocycles. The first kappa shape index (κ1) is 18.1. The van der Waals surface area contributed by atoms with Crippen molar-refractivity contribution < 1.29 is 9.53 Å². The molecule has 1 amide bonds. The molecule has 2 aliphatic heterocycles. The molecule has 0 radical (unpaired) electrons. The minimum atomic E-state index is -0.443. The van der Waals surface area contributed by atoms with Crippen LogP contribution in [0.3, 0.4) is 0 Å². The van der Waals surface area contributed by atoms with Gasteiger partial charge in [-0.05, 0) is 43.2 Å². The van der Waals surface area contributed by atoms with E-state index in [2.05, 4.69) is 10.2 Å². The number of amides is 1. The zero-order valence-electron chi connectivity index (χ0n) is 15.9. The van der Waals surface area contributed by atoms with Crippen molar-refractivity contribution in [3.8, 4) is 11.5 Å². The summed E-state index contributed by atoms with van der Waals surface area (Å²) < 4.78 is 6.02. The van der Waals surface area contributed by atoms with Crippen LogP contribution < -0.4 is 15.0 Å². The lowest BCUT2D eigenvalue weighted by Crippen LogP contribution is -2.26. The first-order valence-electron chi connectivity index (χ1n) is 9.92. The van der Waals surface area contributed by atoms with Crippen molar-refractivity contribution >= 4 is 28.9 Å². The molecule has 4 nitrogen and oxygen atoms in total. The molecular weight excluding hydrogens is 384 g/mol. The smallest absolute Gasteiger partial charge is 0.236 e. The van der Waals surface area contributed by atoms with Crippen LogP contribution in [0.2, 0.25) is 5.02 Å². The molecule has 29 heavy (non-hydrogen) atoms. The predicted octanol–water partition coefficient (Wildman–Crippen LogP) is 5.82. The number of carbonyl (C=O) groups excluding carboxylic acids is 1.